The number of hydrogen-bond acceptors (Lipinski definition) is 6. The topological polar surface area (TPSA) is 104 Å². The molecular formula is C24H24N2O5. The van der Waals surface area contributed by atoms with E-state index in [2.05, 4.69) is 4.98 Å². The van der Waals surface area contributed by atoms with E-state index in [1.807, 2.05) is 49.4 Å². The molecule has 3 N–H and O–H groups in total. The predicted octanol–water partition coefficient (Wildman–Crippen LogP) is 3.57. The minimum atomic E-state index is -0.739. The standard InChI is InChI=1S/C24H24N2O5/c1-3-13-30-15-11-9-14(10-12-15)18-19-21(31-22(25)20(18)24(28)29-4-2)16-7-5-6-8-17(16)26-23(19)27/h5-12,18H,3-4,13,25H2,1-2H3,(H,26,27)/t18-/m1/s1. The number of nitrogens with one attached hydrogen (secondary N) is 1. The zero-order valence-electron chi connectivity index (χ0n) is 17.4. The number of hydrogen-bond donors (Lipinski definition) is 2. The summed E-state index contributed by atoms with van der Waals surface area (Å²) < 4.78 is 16.7. The molecule has 0 aliphatic carbocycles. The van der Waals surface area contributed by atoms with Gasteiger partial charge < -0.3 is 24.9 Å². The van der Waals surface area contributed by atoms with Crippen molar-refractivity contribution in [2.24, 2.45) is 5.73 Å². The van der Waals surface area contributed by atoms with E-state index in [-0.39, 0.29) is 23.6 Å². The summed E-state index contributed by atoms with van der Waals surface area (Å²) in [5.41, 5.74) is 7.62. The van der Waals surface area contributed by atoms with Crippen LogP contribution < -0.4 is 20.8 Å². The van der Waals surface area contributed by atoms with Crippen LogP contribution in [0.3, 0.4) is 0 Å². The lowest BCUT2D eigenvalue weighted by Crippen LogP contribution is -2.32. The van der Waals surface area contributed by atoms with Crippen LogP contribution in [-0.4, -0.2) is 24.2 Å². The summed E-state index contributed by atoms with van der Waals surface area (Å²) in [5.74, 6) is -0.370. The maximum Gasteiger partial charge on any atom is 0.340 e. The molecule has 0 fully saturated rings. The summed E-state index contributed by atoms with van der Waals surface area (Å²) in [7, 11) is 0. The molecule has 1 aliphatic heterocycles. The highest BCUT2D eigenvalue weighted by atomic mass is 16.5. The second-order valence-electron chi connectivity index (χ2n) is 7.19. The number of aromatic nitrogens is 1. The highest BCUT2D eigenvalue weighted by Gasteiger charge is 2.38. The summed E-state index contributed by atoms with van der Waals surface area (Å²) in [4.78, 5) is 28.8. The first-order valence-electron chi connectivity index (χ1n) is 10.3. The number of rotatable bonds is 6. The summed E-state index contributed by atoms with van der Waals surface area (Å²) in [6, 6.07) is 14.6. The molecular weight excluding hydrogens is 396 g/mol. The molecule has 2 aromatic carbocycles. The molecule has 0 saturated heterocycles. The van der Waals surface area contributed by atoms with Gasteiger partial charge in [-0.3, -0.25) is 4.79 Å². The van der Waals surface area contributed by atoms with Crippen molar-refractivity contribution in [1.29, 1.82) is 0 Å². The average molecular weight is 420 g/mol. The summed E-state index contributed by atoms with van der Waals surface area (Å²) in [5, 5.41) is 0.704. The van der Waals surface area contributed by atoms with E-state index in [1.165, 1.54) is 0 Å². The maximum absolute atomic E-state index is 13.1. The first-order valence-corrected chi connectivity index (χ1v) is 10.3. The van der Waals surface area contributed by atoms with Crippen molar-refractivity contribution in [1.82, 2.24) is 4.98 Å². The summed E-state index contributed by atoms with van der Waals surface area (Å²) in [6.45, 7) is 4.52. The lowest BCUT2D eigenvalue weighted by Gasteiger charge is -2.28. The van der Waals surface area contributed by atoms with Crippen LogP contribution in [0.25, 0.3) is 10.9 Å². The summed E-state index contributed by atoms with van der Waals surface area (Å²) >= 11 is 0. The van der Waals surface area contributed by atoms with Crippen LogP contribution in [0.2, 0.25) is 0 Å². The number of esters is 1. The number of ether oxygens (including phenoxy) is 3. The monoisotopic (exact) mass is 420 g/mol. The normalized spacial score (nSPS) is 15.4. The zero-order chi connectivity index (χ0) is 22.0. The van der Waals surface area contributed by atoms with Crippen molar-refractivity contribution >= 4 is 16.9 Å². The number of aromatic amines is 1. The Kier molecular flexibility index (Phi) is 5.66. The van der Waals surface area contributed by atoms with Crippen molar-refractivity contribution in [3.8, 4) is 11.5 Å². The quantitative estimate of drug-likeness (QED) is 0.591. The van der Waals surface area contributed by atoms with Crippen LogP contribution in [0.1, 0.15) is 37.3 Å². The fourth-order valence-electron chi connectivity index (χ4n) is 3.79. The molecule has 1 aromatic heterocycles. The van der Waals surface area contributed by atoms with E-state index in [0.717, 1.165) is 6.42 Å². The molecule has 1 aliphatic rings. The summed E-state index contributed by atoms with van der Waals surface area (Å²) in [6.07, 6.45) is 0.893. The Bertz CT molecular complexity index is 1210. The van der Waals surface area contributed by atoms with E-state index in [1.54, 1.807) is 13.0 Å². The lowest BCUT2D eigenvalue weighted by molar-refractivity contribution is -0.139. The van der Waals surface area contributed by atoms with Crippen molar-refractivity contribution in [2.75, 3.05) is 13.2 Å². The van der Waals surface area contributed by atoms with Gasteiger partial charge in [-0.25, -0.2) is 4.79 Å². The third-order valence-electron chi connectivity index (χ3n) is 5.15. The number of H-pyrrole nitrogens is 1. The van der Waals surface area contributed by atoms with E-state index in [9.17, 15) is 9.59 Å². The first kappa shape index (κ1) is 20.5. The van der Waals surface area contributed by atoms with Crippen LogP contribution in [0, 0.1) is 0 Å². The molecule has 31 heavy (non-hydrogen) atoms. The molecule has 7 nitrogen and oxygen atoms in total. The molecule has 0 bridgehead atoms. The maximum atomic E-state index is 13.1. The van der Waals surface area contributed by atoms with Crippen molar-refractivity contribution in [3.05, 3.63) is 81.5 Å². The molecule has 7 heteroatoms. The number of para-hydroxylation sites is 1. The third kappa shape index (κ3) is 3.74. The number of carbonyl (C=O) groups excluding carboxylic acids is 1. The van der Waals surface area contributed by atoms with Gasteiger partial charge in [-0.05, 0) is 43.2 Å². The fraction of sp³-hybridized carbons (Fsp3) is 0.250. The molecule has 0 saturated carbocycles. The Morgan fingerprint density at radius 2 is 1.87 bits per heavy atom. The first-order chi connectivity index (χ1) is 15.0. The number of benzene rings is 2. The Morgan fingerprint density at radius 1 is 1.13 bits per heavy atom. The Hall–Kier alpha value is -3.74. The molecule has 4 rings (SSSR count). The van der Waals surface area contributed by atoms with Crippen LogP contribution in [0.15, 0.2) is 64.8 Å². The predicted molar refractivity (Wildman–Crippen MR) is 117 cm³/mol. The van der Waals surface area contributed by atoms with Gasteiger partial charge in [-0.1, -0.05) is 31.2 Å². The molecule has 0 spiro atoms. The van der Waals surface area contributed by atoms with E-state index in [0.29, 0.717) is 40.1 Å². The minimum Gasteiger partial charge on any atom is -0.494 e. The Morgan fingerprint density at radius 3 is 2.58 bits per heavy atom. The number of carbonyl (C=O) groups is 1. The Labute approximate surface area is 179 Å². The van der Waals surface area contributed by atoms with Gasteiger partial charge in [0.1, 0.15) is 17.1 Å². The fourth-order valence-corrected chi connectivity index (χ4v) is 3.79. The van der Waals surface area contributed by atoms with Crippen LogP contribution in [0.4, 0.5) is 0 Å². The van der Waals surface area contributed by atoms with Crippen LogP contribution in [0.5, 0.6) is 11.5 Å². The highest BCUT2D eigenvalue weighted by molar-refractivity contribution is 5.95. The van der Waals surface area contributed by atoms with Crippen molar-refractivity contribution < 1.29 is 19.0 Å². The van der Waals surface area contributed by atoms with E-state index in [4.69, 9.17) is 19.9 Å². The van der Waals surface area contributed by atoms with Crippen LogP contribution in [-0.2, 0) is 9.53 Å². The van der Waals surface area contributed by atoms with Gasteiger partial charge in [-0.2, -0.15) is 0 Å². The smallest absolute Gasteiger partial charge is 0.340 e. The molecule has 3 aromatic rings. The van der Waals surface area contributed by atoms with Crippen molar-refractivity contribution in [2.45, 2.75) is 26.2 Å². The number of pyridine rings is 1. The highest BCUT2D eigenvalue weighted by Crippen LogP contribution is 2.43. The number of nitrogens with two attached hydrogens (primary N) is 1. The van der Waals surface area contributed by atoms with Gasteiger partial charge in [-0.15, -0.1) is 0 Å². The molecule has 2 heterocycles. The molecule has 1 atom stereocenters. The average Bonchev–Trinajstić information content (AvgIpc) is 2.77. The largest absolute Gasteiger partial charge is 0.494 e. The van der Waals surface area contributed by atoms with Gasteiger partial charge in [0.15, 0.2) is 0 Å². The SMILES string of the molecule is CCCOc1ccc([C@H]2C(C(=O)OCC)=C(N)Oc3c2c(=O)[nH]c2ccccc32)cc1. The number of fused-ring (bicyclic) bond motifs is 3. The van der Waals surface area contributed by atoms with Crippen molar-refractivity contribution in [3.63, 3.8) is 0 Å². The van der Waals surface area contributed by atoms with Gasteiger partial charge in [0.05, 0.1) is 30.2 Å². The van der Waals surface area contributed by atoms with Gasteiger partial charge in [0.25, 0.3) is 5.56 Å². The minimum absolute atomic E-state index is 0.0713. The Balaban J connectivity index is 1.92. The third-order valence-corrected chi connectivity index (χ3v) is 5.15. The van der Waals surface area contributed by atoms with Crippen LogP contribution >= 0.6 is 0 Å². The van der Waals surface area contributed by atoms with E-state index >= 15 is 0 Å². The molecule has 0 radical (unpaired) electrons. The second-order valence-corrected chi connectivity index (χ2v) is 7.19. The van der Waals surface area contributed by atoms with Gasteiger partial charge in [0.2, 0.25) is 5.88 Å². The van der Waals surface area contributed by atoms with Gasteiger partial charge in [0, 0.05) is 5.39 Å². The second kappa shape index (κ2) is 8.55. The molecule has 0 amide bonds. The van der Waals surface area contributed by atoms with E-state index < -0.39 is 11.9 Å². The lowest BCUT2D eigenvalue weighted by atomic mass is 9.83. The molecule has 0 unspecified atom stereocenters. The van der Waals surface area contributed by atoms with Gasteiger partial charge >= 0.3 is 5.97 Å². The zero-order valence-corrected chi connectivity index (χ0v) is 17.4. The molecule has 160 valence electrons.